The topological polar surface area (TPSA) is 57.6 Å². The molecule has 0 spiro atoms. The average Bonchev–Trinajstić information content (AvgIpc) is 3.03. The third kappa shape index (κ3) is 3.22. The minimum Gasteiger partial charge on any atom is -0.481 e. The largest absolute Gasteiger partial charge is 0.481 e. The van der Waals surface area contributed by atoms with Crippen LogP contribution in [0.1, 0.15) is 27.4 Å². The number of likely N-dealkylation sites (tertiary alicyclic amines) is 1. The van der Waals surface area contributed by atoms with Gasteiger partial charge in [-0.2, -0.15) is 0 Å². The van der Waals surface area contributed by atoms with Gasteiger partial charge in [0.2, 0.25) is 0 Å². The molecular weight excluding hydrogens is 370 g/mol. The highest BCUT2D eigenvalue weighted by atomic mass is 79.9. The highest BCUT2D eigenvalue weighted by Gasteiger charge is 2.40. The number of carboxylic acid groups (broad SMARTS) is 1. The van der Waals surface area contributed by atoms with Crippen LogP contribution in [0.3, 0.4) is 0 Å². The third-order valence-corrected chi connectivity index (χ3v) is 5.08. The second kappa shape index (κ2) is 6.77. The number of carbonyl (C=O) groups is 2. The van der Waals surface area contributed by atoms with Gasteiger partial charge in [0.15, 0.2) is 0 Å². The summed E-state index contributed by atoms with van der Waals surface area (Å²) in [7, 11) is 0. The maximum atomic E-state index is 12.9. The highest BCUT2D eigenvalue weighted by molar-refractivity contribution is 9.10. The molecule has 0 radical (unpaired) electrons. The number of rotatable bonds is 3. The minimum atomic E-state index is -0.856. The zero-order valence-corrected chi connectivity index (χ0v) is 14.9. The first-order valence-corrected chi connectivity index (χ1v) is 8.60. The molecule has 1 aliphatic rings. The van der Waals surface area contributed by atoms with Crippen LogP contribution < -0.4 is 0 Å². The summed E-state index contributed by atoms with van der Waals surface area (Å²) < 4.78 is 0.838. The smallest absolute Gasteiger partial charge is 0.308 e. The van der Waals surface area contributed by atoms with E-state index in [2.05, 4.69) is 15.9 Å². The summed E-state index contributed by atoms with van der Waals surface area (Å²) in [6.07, 6.45) is 0. The van der Waals surface area contributed by atoms with Gasteiger partial charge >= 0.3 is 5.97 Å². The van der Waals surface area contributed by atoms with Crippen LogP contribution >= 0.6 is 15.9 Å². The molecule has 1 heterocycles. The molecule has 124 valence electrons. The zero-order chi connectivity index (χ0) is 17.3. The van der Waals surface area contributed by atoms with E-state index in [-0.39, 0.29) is 18.4 Å². The molecule has 2 aromatic rings. The number of halogens is 1. The third-order valence-electron chi connectivity index (χ3n) is 4.58. The number of aryl methyl sites for hydroxylation is 1. The number of hydrogen-bond donors (Lipinski definition) is 1. The normalized spacial score (nSPS) is 20.2. The second-order valence-electron chi connectivity index (χ2n) is 6.13. The lowest BCUT2D eigenvalue weighted by Crippen LogP contribution is -2.30. The molecule has 0 aliphatic carbocycles. The summed E-state index contributed by atoms with van der Waals surface area (Å²) in [5.74, 6) is -1.73. The van der Waals surface area contributed by atoms with Crippen molar-refractivity contribution >= 4 is 27.8 Å². The van der Waals surface area contributed by atoms with Gasteiger partial charge in [-0.1, -0.05) is 52.3 Å². The van der Waals surface area contributed by atoms with Gasteiger partial charge in [0.25, 0.3) is 5.91 Å². The van der Waals surface area contributed by atoms with Gasteiger partial charge in [-0.15, -0.1) is 0 Å². The van der Waals surface area contributed by atoms with Gasteiger partial charge in [0, 0.05) is 29.0 Å². The van der Waals surface area contributed by atoms with Crippen molar-refractivity contribution in [3.8, 4) is 0 Å². The summed E-state index contributed by atoms with van der Waals surface area (Å²) >= 11 is 3.39. The molecule has 2 aromatic carbocycles. The molecular formula is C19H18BrNO3. The van der Waals surface area contributed by atoms with Crippen LogP contribution in [0.2, 0.25) is 0 Å². The lowest BCUT2D eigenvalue weighted by Gasteiger charge is -2.18. The Hall–Kier alpha value is -2.14. The predicted molar refractivity (Wildman–Crippen MR) is 95.1 cm³/mol. The summed E-state index contributed by atoms with van der Waals surface area (Å²) in [6.45, 7) is 2.55. The van der Waals surface area contributed by atoms with Crippen molar-refractivity contribution in [1.82, 2.24) is 4.90 Å². The Bertz CT molecular complexity index is 775. The molecule has 4 nitrogen and oxygen atoms in total. The second-order valence-corrected chi connectivity index (χ2v) is 7.05. The highest BCUT2D eigenvalue weighted by Crippen LogP contribution is 2.34. The van der Waals surface area contributed by atoms with Gasteiger partial charge < -0.3 is 10.0 Å². The van der Waals surface area contributed by atoms with Crippen molar-refractivity contribution in [2.75, 3.05) is 13.1 Å². The molecule has 0 unspecified atom stereocenters. The maximum absolute atomic E-state index is 12.9. The van der Waals surface area contributed by atoms with E-state index < -0.39 is 11.9 Å². The van der Waals surface area contributed by atoms with E-state index in [9.17, 15) is 14.7 Å². The Morgan fingerprint density at radius 2 is 1.83 bits per heavy atom. The predicted octanol–water partition coefficient (Wildman–Crippen LogP) is 3.70. The summed E-state index contributed by atoms with van der Waals surface area (Å²) in [4.78, 5) is 26.2. The molecule has 0 bridgehead atoms. The van der Waals surface area contributed by atoms with Gasteiger partial charge in [0.05, 0.1) is 5.92 Å². The first-order valence-electron chi connectivity index (χ1n) is 7.80. The van der Waals surface area contributed by atoms with E-state index in [0.29, 0.717) is 12.1 Å². The maximum Gasteiger partial charge on any atom is 0.308 e. The Morgan fingerprint density at radius 3 is 2.50 bits per heavy atom. The molecule has 5 heteroatoms. The number of amides is 1. The van der Waals surface area contributed by atoms with Gasteiger partial charge in [-0.3, -0.25) is 9.59 Å². The quantitative estimate of drug-likeness (QED) is 0.873. The molecule has 1 amide bonds. The Balaban J connectivity index is 1.89. The van der Waals surface area contributed by atoms with Crippen molar-refractivity contribution in [3.05, 3.63) is 69.7 Å². The fourth-order valence-electron chi connectivity index (χ4n) is 3.25. The molecule has 24 heavy (non-hydrogen) atoms. The molecule has 0 aromatic heterocycles. The minimum absolute atomic E-state index is 0.113. The van der Waals surface area contributed by atoms with E-state index in [4.69, 9.17) is 0 Å². The van der Waals surface area contributed by atoms with Crippen molar-refractivity contribution in [3.63, 3.8) is 0 Å². The summed E-state index contributed by atoms with van der Waals surface area (Å²) in [6, 6.07) is 15.1. The number of hydrogen-bond acceptors (Lipinski definition) is 2. The number of nitrogens with zero attached hydrogens (tertiary/aromatic N) is 1. The van der Waals surface area contributed by atoms with Crippen molar-refractivity contribution in [2.24, 2.45) is 5.92 Å². The monoisotopic (exact) mass is 387 g/mol. The lowest BCUT2D eigenvalue weighted by molar-refractivity contribution is -0.141. The standard InChI is InChI=1S/C19H18BrNO3/c1-12-7-8-14(20)9-15(12)18(22)21-10-16(17(11-21)19(23)24)13-5-3-2-4-6-13/h2-9,16-17H,10-11H2,1H3,(H,23,24)/t16-,17-/m0/s1. The van der Waals surface area contributed by atoms with E-state index in [1.807, 2.05) is 49.4 Å². The SMILES string of the molecule is Cc1ccc(Br)cc1C(=O)N1C[C@H](C(=O)O)[C@H](c2ccccc2)C1. The van der Waals surface area contributed by atoms with Gasteiger partial charge in [-0.05, 0) is 30.2 Å². The van der Waals surface area contributed by atoms with Crippen LogP contribution in [0, 0.1) is 12.8 Å². The molecule has 2 atom stereocenters. The first kappa shape index (κ1) is 16.7. The number of benzene rings is 2. The van der Waals surface area contributed by atoms with Gasteiger partial charge in [-0.25, -0.2) is 0 Å². The van der Waals surface area contributed by atoms with E-state index in [1.54, 1.807) is 11.0 Å². The Labute approximate surface area is 149 Å². The average molecular weight is 388 g/mol. The number of aliphatic carboxylic acids is 1. The fraction of sp³-hybridized carbons (Fsp3) is 0.263. The van der Waals surface area contributed by atoms with Crippen LogP contribution in [-0.4, -0.2) is 35.0 Å². The van der Waals surface area contributed by atoms with Crippen LogP contribution in [0.4, 0.5) is 0 Å². The fourth-order valence-corrected chi connectivity index (χ4v) is 3.61. The molecule has 1 aliphatic heterocycles. The molecule has 1 saturated heterocycles. The van der Waals surface area contributed by atoms with E-state index >= 15 is 0 Å². The van der Waals surface area contributed by atoms with Crippen LogP contribution in [0.5, 0.6) is 0 Å². The summed E-state index contributed by atoms with van der Waals surface area (Å²) in [5.41, 5.74) is 2.46. The van der Waals surface area contributed by atoms with E-state index in [1.165, 1.54) is 0 Å². The summed E-state index contributed by atoms with van der Waals surface area (Å²) in [5, 5.41) is 9.57. The molecule has 3 rings (SSSR count). The lowest BCUT2D eigenvalue weighted by atomic mass is 9.89. The van der Waals surface area contributed by atoms with Gasteiger partial charge in [0.1, 0.15) is 0 Å². The molecule has 0 saturated carbocycles. The van der Waals surface area contributed by atoms with Crippen LogP contribution in [-0.2, 0) is 4.79 Å². The van der Waals surface area contributed by atoms with Crippen LogP contribution in [0.15, 0.2) is 53.0 Å². The van der Waals surface area contributed by atoms with Crippen LogP contribution in [0.25, 0.3) is 0 Å². The first-order chi connectivity index (χ1) is 11.5. The number of carboxylic acids is 1. The van der Waals surface area contributed by atoms with Crippen molar-refractivity contribution in [1.29, 1.82) is 0 Å². The van der Waals surface area contributed by atoms with Crippen molar-refractivity contribution in [2.45, 2.75) is 12.8 Å². The van der Waals surface area contributed by atoms with Crippen molar-refractivity contribution < 1.29 is 14.7 Å². The molecule has 1 N–H and O–H groups in total. The Morgan fingerprint density at radius 1 is 1.12 bits per heavy atom. The molecule has 1 fully saturated rings. The zero-order valence-electron chi connectivity index (χ0n) is 13.3. The number of carbonyl (C=O) groups excluding carboxylic acids is 1. The van der Waals surface area contributed by atoms with E-state index in [0.717, 1.165) is 15.6 Å². The Kier molecular flexibility index (Phi) is 4.71.